The number of amides is 1. The van der Waals surface area contributed by atoms with Gasteiger partial charge in [0.2, 0.25) is 5.91 Å². The number of nitrogens with one attached hydrogen (secondary N) is 1. The van der Waals surface area contributed by atoms with Crippen LogP contribution in [0.5, 0.6) is 0 Å². The molecular weight excluding hydrogens is 326 g/mol. The van der Waals surface area contributed by atoms with Gasteiger partial charge in [0.25, 0.3) is 0 Å². The standard InChI is InChI=1S/C17H19N3O3S/c1-3-23-17(22)14-7-5-9-19-16(14)24-11-15(21)20-12(2)13-6-4-8-18-10-13/h4-10,12H,3,11H2,1-2H3,(H,20,21)/t12-/m1/s1. The third-order valence-corrected chi connectivity index (χ3v) is 4.17. The van der Waals surface area contributed by atoms with Gasteiger partial charge < -0.3 is 10.1 Å². The number of thioether (sulfide) groups is 1. The lowest BCUT2D eigenvalue weighted by Gasteiger charge is -2.14. The smallest absolute Gasteiger partial charge is 0.340 e. The Morgan fingerprint density at radius 2 is 2.08 bits per heavy atom. The van der Waals surface area contributed by atoms with Gasteiger partial charge in [-0.05, 0) is 37.6 Å². The number of aromatic nitrogens is 2. The molecule has 0 bridgehead atoms. The normalized spacial score (nSPS) is 11.6. The van der Waals surface area contributed by atoms with Crippen molar-refractivity contribution in [2.24, 2.45) is 0 Å². The van der Waals surface area contributed by atoms with Crippen LogP contribution in [0.1, 0.15) is 35.8 Å². The van der Waals surface area contributed by atoms with Crippen LogP contribution < -0.4 is 5.32 Å². The van der Waals surface area contributed by atoms with Gasteiger partial charge in [0.1, 0.15) is 5.03 Å². The molecule has 0 spiro atoms. The van der Waals surface area contributed by atoms with Gasteiger partial charge in [-0.3, -0.25) is 9.78 Å². The van der Waals surface area contributed by atoms with Crippen molar-refractivity contribution >= 4 is 23.6 Å². The molecule has 7 heteroatoms. The van der Waals surface area contributed by atoms with Crippen LogP contribution >= 0.6 is 11.8 Å². The Morgan fingerprint density at radius 1 is 1.29 bits per heavy atom. The van der Waals surface area contributed by atoms with Crippen molar-refractivity contribution < 1.29 is 14.3 Å². The third-order valence-electron chi connectivity index (χ3n) is 3.17. The van der Waals surface area contributed by atoms with E-state index in [1.54, 1.807) is 37.6 Å². The first-order chi connectivity index (χ1) is 11.6. The lowest BCUT2D eigenvalue weighted by Crippen LogP contribution is -2.28. The summed E-state index contributed by atoms with van der Waals surface area (Å²) in [5.74, 6) is -0.414. The van der Waals surface area contributed by atoms with E-state index in [0.29, 0.717) is 17.2 Å². The minimum Gasteiger partial charge on any atom is -0.462 e. The zero-order valence-electron chi connectivity index (χ0n) is 13.6. The zero-order chi connectivity index (χ0) is 17.4. The van der Waals surface area contributed by atoms with E-state index < -0.39 is 5.97 Å². The van der Waals surface area contributed by atoms with E-state index >= 15 is 0 Å². The summed E-state index contributed by atoms with van der Waals surface area (Å²) in [6.07, 6.45) is 4.99. The molecule has 0 saturated carbocycles. The third kappa shape index (κ3) is 5.06. The molecule has 1 amide bonds. The van der Waals surface area contributed by atoms with Crippen LogP contribution in [-0.2, 0) is 9.53 Å². The van der Waals surface area contributed by atoms with E-state index in [4.69, 9.17) is 4.74 Å². The van der Waals surface area contributed by atoms with Gasteiger partial charge in [0.05, 0.1) is 24.0 Å². The van der Waals surface area contributed by atoms with Crippen molar-refractivity contribution in [3.63, 3.8) is 0 Å². The highest BCUT2D eigenvalue weighted by Crippen LogP contribution is 2.21. The summed E-state index contributed by atoms with van der Waals surface area (Å²) in [6, 6.07) is 6.90. The molecule has 2 aromatic heterocycles. The van der Waals surface area contributed by atoms with Crippen LogP contribution in [0, 0.1) is 0 Å². The molecule has 6 nitrogen and oxygen atoms in total. The van der Waals surface area contributed by atoms with Crippen LogP contribution in [0.15, 0.2) is 47.9 Å². The largest absolute Gasteiger partial charge is 0.462 e. The Kier molecular flexibility index (Phi) is 6.74. The first kappa shape index (κ1) is 17.9. The fourth-order valence-corrected chi connectivity index (χ4v) is 2.80. The molecule has 24 heavy (non-hydrogen) atoms. The van der Waals surface area contributed by atoms with E-state index in [2.05, 4.69) is 15.3 Å². The maximum atomic E-state index is 12.1. The van der Waals surface area contributed by atoms with Crippen LogP contribution in [0.3, 0.4) is 0 Å². The van der Waals surface area contributed by atoms with Gasteiger partial charge in [0.15, 0.2) is 0 Å². The van der Waals surface area contributed by atoms with Gasteiger partial charge in [-0.25, -0.2) is 9.78 Å². The van der Waals surface area contributed by atoms with E-state index in [1.807, 2.05) is 19.1 Å². The average molecular weight is 345 g/mol. The van der Waals surface area contributed by atoms with Crippen molar-refractivity contribution in [1.82, 2.24) is 15.3 Å². The lowest BCUT2D eigenvalue weighted by molar-refractivity contribution is -0.119. The van der Waals surface area contributed by atoms with Crippen LogP contribution in [0.25, 0.3) is 0 Å². The van der Waals surface area contributed by atoms with Crippen LogP contribution in [-0.4, -0.2) is 34.2 Å². The SMILES string of the molecule is CCOC(=O)c1cccnc1SCC(=O)N[C@H](C)c1cccnc1. The van der Waals surface area contributed by atoms with Crippen molar-refractivity contribution in [3.05, 3.63) is 54.0 Å². The fraction of sp³-hybridized carbons (Fsp3) is 0.294. The molecule has 0 fully saturated rings. The number of esters is 1. The highest BCUT2D eigenvalue weighted by Gasteiger charge is 2.16. The number of carbonyl (C=O) groups is 2. The fourth-order valence-electron chi connectivity index (χ4n) is 2.00. The molecular formula is C17H19N3O3S. The van der Waals surface area contributed by atoms with Crippen molar-refractivity contribution in [2.75, 3.05) is 12.4 Å². The van der Waals surface area contributed by atoms with E-state index in [1.165, 1.54) is 11.8 Å². The predicted octanol–water partition coefficient (Wildman–Crippen LogP) is 2.62. The molecule has 2 aromatic rings. The molecule has 0 aliphatic rings. The summed E-state index contributed by atoms with van der Waals surface area (Å²) >= 11 is 1.21. The topological polar surface area (TPSA) is 81.2 Å². The second-order valence-electron chi connectivity index (χ2n) is 4.94. The maximum Gasteiger partial charge on any atom is 0.340 e. The van der Waals surface area contributed by atoms with E-state index in [0.717, 1.165) is 5.56 Å². The molecule has 2 rings (SSSR count). The summed E-state index contributed by atoms with van der Waals surface area (Å²) in [4.78, 5) is 32.2. The number of hydrogen-bond acceptors (Lipinski definition) is 6. The summed E-state index contributed by atoms with van der Waals surface area (Å²) in [5, 5.41) is 3.38. The highest BCUT2D eigenvalue weighted by atomic mass is 32.2. The minimum atomic E-state index is -0.433. The quantitative estimate of drug-likeness (QED) is 0.614. The second-order valence-corrected chi connectivity index (χ2v) is 5.90. The molecule has 1 N–H and O–H groups in total. The zero-order valence-corrected chi connectivity index (χ0v) is 14.4. The van der Waals surface area contributed by atoms with Crippen molar-refractivity contribution in [2.45, 2.75) is 24.9 Å². The number of carbonyl (C=O) groups excluding carboxylic acids is 2. The van der Waals surface area contributed by atoms with E-state index in [9.17, 15) is 9.59 Å². The van der Waals surface area contributed by atoms with Crippen LogP contribution in [0.4, 0.5) is 0 Å². The van der Waals surface area contributed by atoms with Crippen molar-refractivity contribution in [1.29, 1.82) is 0 Å². The number of nitrogens with zero attached hydrogens (tertiary/aromatic N) is 2. The molecule has 0 aliphatic carbocycles. The summed E-state index contributed by atoms with van der Waals surface area (Å²) in [7, 11) is 0. The Morgan fingerprint density at radius 3 is 2.79 bits per heavy atom. The molecule has 0 unspecified atom stereocenters. The van der Waals surface area contributed by atoms with Gasteiger partial charge in [0, 0.05) is 18.6 Å². The molecule has 0 radical (unpaired) electrons. The lowest BCUT2D eigenvalue weighted by atomic mass is 10.1. The second kappa shape index (κ2) is 9.02. The molecule has 0 aromatic carbocycles. The number of ether oxygens (including phenoxy) is 1. The Bertz CT molecular complexity index is 694. The van der Waals surface area contributed by atoms with Crippen molar-refractivity contribution in [3.8, 4) is 0 Å². The number of hydrogen-bond donors (Lipinski definition) is 1. The molecule has 126 valence electrons. The number of pyridine rings is 2. The highest BCUT2D eigenvalue weighted by molar-refractivity contribution is 8.00. The molecule has 1 atom stereocenters. The Balaban J connectivity index is 1.93. The number of rotatable bonds is 7. The van der Waals surface area contributed by atoms with Gasteiger partial charge >= 0.3 is 5.97 Å². The van der Waals surface area contributed by atoms with Crippen LogP contribution in [0.2, 0.25) is 0 Å². The Labute approximate surface area is 145 Å². The summed E-state index contributed by atoms with van der Waals surface area (Å²) < 4.78 is 5.00. The summed E-state index contributed by atoms with van der Waals surface area (Å²) in [6.45, 7) is 3.93. The maximum absolute atomic E-state index is 12.1. The summed E-state index contributed by atoms with van der Waals surface area (Å²) in [5.41, 5.74) is 1.30. The molecule has 0 aliphatic heterocycles. The van der Waals surface area contributed by atoms with E-state index in [-0.39, 0.29) is 17.7 Å². The monoisotopic (exact) mass is 345 g/mol. The molecule has 2 heterocycles. The average Bonchev–Trinajstić information content (AvgIpc) is 2.61. The van der Waals surface area contributed by atoms with Gasteiger partial charge in [-0.1, -0.05) is 17.8 Å². The first-order valence-electron chi connectivity index (χ1n) is 7.56. The first-order valence-corrected chi connectivity index (χ1v) is 8.54. The predicted molar refractivity (Wildman–Crippen MR) is 91.7 cm³/mol. The van der Waals surface area contributed by atoms with Gasteiger partial charge in [-0.2, -0.15) is 0 Å². The van der Waals surface area contributed by atoms with Gasteiger partial charge in [-0.15, -0.1) is 0 Å². The minimum absolute atomic E-state index is 0.139. The molecule has 0 saturated heterocycles. The Hall–Kier alpha value is -2.41.